The van der Waals surface area contributed by atoms with Gasteiger partial charge in [0.25, 0.3) is 0 Å². The van der Waals surface area contributed by atoms with Crippen molar-refractivity contribution in [1.82, 2.24) is 0 Å². The molecular weight excluding hydrogens is 356 g/mol. The molecule has 1 saturated heterocycles. The van der Waals surface area contributed by atoms with Gasteiger partial charge in [0.15, 0.2) is 6.29 Å². The largest absolute Gasteiger partial charge is 0.394 e. The van der Waals surface area contributed by atoms with E-state index < -0.39 is 54.4 Å². The van der Waals surface area contributed by atoms with Crippen molar-refractivity contribution in [1.29, 1.82) is 0 Å². The molecule has 0 radical (unpaired) electrons. The van der Waals surface area contributed by atoms with Crippen molar-refractivity contribution in [2.24, 2.45) is 11.3 Å². The van der Waals surface area contributed by atoms with Gasteiger partial charge in [-0.05, 0) is 12.8 Å². The Hall–Kier alpha value is -0.870. The maximum atomic E-state index is 11.9. The Kier molecular flexibility index (Phi) is 6.85. The summed E-state index contributed by atoms with van der Waals surface area (Å²) >= 11 is 0. The van der Waals surface area contributed by atoms with E-state index in [1.54, 1.807) is 19.1 Å². The molecule has 8 nitrogen and oxygen atoms in total. The minimum absolute atomic E-state index is 0.121. The minimum Gasteiger partial charge on any atom is -0.394 e. The number of ketones is 1. The van der Waals surface area contributed by atoms with Gasteiger partial charge in [0.1, 0.15) is 30.2 Å². The average molecular weight is 388 g/mol. The lowest BCUT2D eigenvalue weighted by atomic mass is 9.60. The van der Waals surface area contributed by atoms with E-state index in [0.29, 0.717) is 6.42 Å². The topological polar surface area (TPSA) is 137 Å². The summed E-state index contributed by atoms with van der Waals surface area (Å²) in [6.45, 7) is 6.65. The third kappa shape index (κ3) is 4.42. The first kappa shape index (κ1) is 22.4. The number of ether oxygens (including phenoxy) is 2. The highest BCUT2D eigenvalue weighted by molar-refractivity contribution is 5.81. The highest BCUT2D eigenvalue weighted by atomic mass is 16.7. The maximum absolute atomic E-state index is 11.9. The first-order valence-corrected chi connectivity index (χ1v) is 9.32. The van der Waals surface area contributed by atoms with Gasteiger partial charge in [0.05, 0.1) is 18.3 Å². The lowest BCUT2D eigenvalue weighted by Crippen LogP contribution is -2.59. The number of carbonyl (C=O) groups is 1. The molecule has 1 aliphatic heterocycles. The summed E-state index contributed by atoms with van der Waals surface area (Å²) in [6, 6.07) is 0. The first-order chi connectivity index (χ1) is 12.4. The summed E-state index contributed by atoms with van der Waals surface area (Å²) < 4.78 is 10.9. The molecule has 0 unspecified atom stereocenters. The Morgan fingerprint density at radius 2 is 1.89 bits per heavy atom. The average Bonchev–Trinajstić information content (AvgIpc) is 2.58. The molecule has 156 valence electrons. The van der Waals surface area contributed by atoms with E-state index in [1.165, 1.54) is 0 Å². The van der Waals surface area contributed by atoms with Crippen LogP contribution in [-0.4, -0.2) is 80.3 Å². The first-order valence-electron chi connectivity index (χ1n) is 9.32. The fourth-order valence-electron chi connectivity index (χ4n) is 3.98. The Morgan fingerprint density at radius 3 is 2.44 bits per heavy atom. The molecule has 2 aliphatic rings. The molecule has 0 aromatic carbocycles. The van der Waals surface area contributed by atoms with E-state index >= 15 is 0 Å². The maximum Gasteiger partial charge on any atom is 0.187 e. The Morgan fingerprint density at radius 1 is 1.26 bits per heavy atom. The number of aliphatic hydroxyl groups excluding tert-OH is 4. The number of hydrogen-bond donors (Lipinski definition) is 5. The van der Waals surface area contributed by atoms with Crippen molar-refractivity contribution in [3.8, 4) is 0 Å². The summed E-state index contributed by atoms with van der Waals surface area (Å²) in [5.41, 5.74) is -1.84. The van der Waals surface area contributed by atoms with Crippen LogP contribution in [0.3, 0.4) is 0 Å². The van der Waals surface area contributed by atoms with Gasteiger partial charge < -0.3 is 35.0 Å². The molecule has 8 atom stereocenters. The number of Topliss-reactive ketones (excluding diaryl/α,β-unsaturated/α-hetero) is 1. The molecule has 0 aromatic rings. The molecule has 0 spiro atoms. The zero-order valence-electron chi connectivity index (χ0n) is 16.3. The number of rotatable bonds is 5. The Labute approximate surface area is 159 Å². The lowest BCUT2D eigenvalue weighted by molar-refractivity contribution is -0.306. The monoisotopic (exact) mass is 388 g/mol. The van der Waals surface area contributed by atoms with Crippen LogP contribution < -0.4 is 0 Å². The predicted octanol–water partition coefficient (Wildman–Crippen LogP) is -0.496. The second kappa shape index (κ2) is 8.24. The van der Waals surface area contributed by atoms with Crippen molar-refractivity contribution >= 4 is 5.78 Å². The molecule has 5 N–H and O–H groups in total. The van der Waals surface area contributed by atoms with Crippen molar-refractivity contribution in [3.63, 3.8) is 0 Å². The Balaban J connectivity index is 2.08. The van der Waals surface area contributed by atoms with Gasteiger partial charge in [0.2, 0.25) is 0 Å². The number of aliphatic hydroxyl groups is 5. The van der Waals surface area contributed by atoms with Crippen molar-refractivity contribution in [3.05, 3.63) is 12.2 Å². The van der Waals surface area contributed by atoms with Crippen LogP contribution in [0.25, 0.3) is 0 Å². The van der Waals surface area contributed by atoms with Gasteiger partial charge >= 0.3 is 0 Å². The molecule has 0 bridgehead atoms. The second-order valence-corrected chi connectivity index (χ2v) is 8.43. The highest BCUT2D eigenvalue weighted by Gasteiger charge is 2.50. The molecule has 2 rings (SSSR count). The van der Waals surface area contributed by atoms with Crippen molar-refractivity contribution < 1.29 is 39.8 Å². The molecular formula is C19H32O8. The van der Waals surface area contributed by atoms with Crippen LogP contribution in [0.1, 0.15) is 40.5 Å². The van der Waals surface area contributed by atoms with Gasteiger partial charge in [-0.25, -0.2) is 0 Å². The smallest absolute Gasteiger partial charge is 0.187 e. The summed E-state index contributed by atoms with van der Waals surface area (Å²) in [5, 5.41) is 50.1. The SMILES string of the molecule is C[C@H](/C=C/[C@@]1(O)[C@H](C)CC(=O)CC1(C)C)O[C@H]1O[C@@H](CO)[C@H](O)[C@@H](O)[C@@H]1O. The van der Waals surface area contributed by atoms with E-state index in [4.69, 9.17) is 9.47 Å². The molecule has 1 aliphatic carbocycles. The van der Waals surface area contributed by atoms with Crippen LogP contribution in [0.5, 0.6) is 0 Å². The van der Waals surface area contributed by atoms with Gasteiger partial charge in [-0.15, -0.1) is 0 Å². The molecule has 2 fully saturated rings. The summed E-state index contributed by atoms with van der Waals surface area (Å²) in [5.74, 6) is -0.138. The molecule has 1 saturated carbocycles. The van der Waals surface area contributed by atoms with Gasteiger partial charge in [0, 0.05) is 18.3 Å². The van der Waals surface area contributed by atoms with E-state index in [2.05, 4.69) is 0 Å². The third-order valence-corrected chi connectivity index (χ3v) is 5.83. The minimum atomic E-state index is -1.51. The van der Waals surface area contributed by atoms with E-state index in [1.807, 2.05) is 20.8 Å². The van der Waals surface area contributed by atoms with E-state index in [0.717, 1.165) is 0 Å². The lowest BCUT2D eigenvalue weighted by Gasteiger charge is -2.48. The van der Waals surface area contributed by atoms with E-state index in [-0.39, 0.29) is 18.1 Å². The summed E-state index contributed by atoms with van der Waals surface area (Å²) in [7, 11) is 0. The molecule has 8 heteroatoms. The standard InChI is InChI=1S/C19H32O8/c1-10-7-12(21)8-18(3,4)19(10,25)6-5-11(2)26-17-16(24)15(23)14(22)13(9-20)27-17/h5-6,10-11,13-17,20,22-25H,7-9H2,1-4H3/b6-5+/t10-,11-,13+,14+,15-,16+,17+,19-/m1/s1. The zero-order chi connectivity index (χ0) is 20.6. The fraction of sp³-hybridized carbons (Fsp3) is 0.842. The second-order valence-electron chi connectivity index (χ2n) is 8.43. The van der Waals surface area contributed by atoms with Gasteiger partial charge in [-0.2, -0.15) is 0 Å². The third-order valence-electron chi connectivity index (χ3n) is 5.83. The van der Waals surface area contributed by atoms with Gasteiger partial charge in [-0.3, -0.25) is 4.79 Å². The van der Waals surface area contributed by atoms with Crippen molar-refractivity contribution in [2.75, 3.05) is 6.61 Å². The molecule has 27 heavy (non-hydrogen) atoms. The molecule has 0 aromatic heterocycles. The number of hydrogen-bond acceptors (Lipinski definition) is 8. The van der Waals surface area contributed by atoms with Crippen LogP contribution in [0.2, 0.25) is 0 Å². The quantitative estimate of drug-likeness (QED) is 0.398. The van der Waals surface area contributed by atoms with Crippen molar-refractivity contribution in [2.45, 2.75) is 82.9 Å². The summed E-state index contributed by atoms with van der Waals surface area (Å²) in [6.07, 6.45) is -3.51. The predicted molar refractivity (Wildman–Crippen MR) is 95.6 cm³/mol. The highest BCUT2D eigenvalue weighted by Crippen LogP contribution is 2.46. The normalized spacial score (nSPS) is 43.8. The fourth-order valence-corrected chi connectivity index (χ4v) is 3.98. The van der Waals surface area contributed by atoms with Crippen LogP contribution >= 0.6 is 0 Å². The van der Waals surface area contributed by atoms with Crippen LogP contribution in [0, 0.1) is 11.3 Å². The number of carbonyl (C=O) groups excluding carboxylic acids is 1. The van der Waals surface area contributed by atoms with E-state index in [9.17, 15) is 30.3 Å². The molecule has 0 amide bonds. The zero-order valence-corrected chi connectivity index (χ0v) is 16.3. The van der Waals surface area contributed by atoms with Gasteiger partial charge in [-0.1, -0.05) is 32.9 Å². The van der Waals surface area contributed by atoms with Crippen LogP contribution in [0.4, 0.5) is 0 Å². The van der Waals surface area contributed by atoms with Crippen LogP contribution in [-0.2, 0) is 14.3 Å². The Bertz CT molecular complexity index is 560. The summed E-state index contributed by atoms with van der Waals surface area (Å²) in [4.78, 5) is 11.9. The molecule has 1 heterocycles. The van der Waals surface area contributed by atoms with Crippen LogP contribution in [0.15, 0.2) is 12.2 Å².